The number of hydrogen-bond donors (Lipinski definition) is 2. The standard InChI is InChI=1S/C16H23BrN2O3/c1-21-12-16(6-8-18-9-7-16)15(20)19-10-11-22-14-4-2-13(17)3-5-14/h2-5,18H,6-12H2,1H3,(H,19,20). The van der Waals surface area contributed by atoms with Gasteiger partial charge in [-0.05, 0) is 50.2 Å². The van der Waals surface area contributed by atoms with Gasteiger partial charge in [-0.15, -0.1) is 0 Å². The van der Waals surface area contributed by atoms with Crippen LogP contribution in [0.1, 0.15) is 12.8 Å². The maximum absolute atomic E-state index is 12.5. The van der Waals surface area contributed by atoms with E-state index in [4.69, 9.17) is 9.47 Å². The van der Waals surface area contributed by atoms with E-state index in [1.165, 1.54) is 0 Å². The minimum absolute atomic E-state index is 0.0651. The zero-order chi connectivity index (χ0) is 15.8. The Labute approximate surface area is 139 Å². The van der Waals surface area contributed by atoms with Crippen LogP contribution in [0, 0.1) is 5.41 Å². The smallest absolute Gasteiger partial charge is 0.228 e. The Morgan fingerprint density at radius 3 is 2.64 bits per heavy atom. The number of carbonyl (C=O) groups is 1. The van der Waals surface area contributed by atoms with Crippen molar-refractivity contribution in [1.82, 2.24) is 10.6 Å². The predicted octanol–water partition coefficient (Wildman–Crippen LogP) is 1.96. The van der Waals surface area contributed by atoms with Gasteiger partial charge in [-0.1, -0.05) is 15.9 Å². The molecule has 0 aromatic heterocycles. The molecule has 0 saturated carbocycles. The fourth-order valence-electron chi connectivity index (χ4n) is 2.67. The van der Waals surface area contributed by atoms with Gasteiger partial charge in [-0.3, -0.25) is 4.79 Å². The van der Waals surface area contributed by atoms with Gasteiger partial charge in [0.05, 0.1) is 18.6 Å². The zero-order valence-electron chi connectivity index (χ0n) is 12.9. The molecule has 1 aliphatic heterocycles. The summed E-state index contributed by atoms with van der Waals surface area (Å²) in [5.41, 5.74) is -0.405. The van der Waals surface area contributed by atoms with Crippen molar-refractivity contribution in [2.24, 2.45) is 5.41 Å². The van der Waals surface area contributed by atoms with Crippen molar-refractivity contribution < 1.29 is 14.3 Å². The van der Waals surface area contributed by atoms with Crippen LogP contribution in [0.4, 0.5) is 0 Å². The number of hydrogen-bond acceptors (Lipinski definition) is 4. The Hall–Kier alpha value is -1.11. The Bertz CT molecular complexity index is 467. The van der Waals surface area contributed by atoms with Crippen LogP contribution in [-0.4, -0.2) is 45.9 Å². The lowest BCUT2D eigenvalue weighted by molar-refractivity contribution is -0.136. The molecule has 6 heteroatoms. The summed E-state index contributed by atoms with van der Waals surface area (Å²) in [5, 5.41) is 6.26. The molecule has 2 rings (SSSR count). The highest BCUT2D eigenvalue weighted by Gasteiger charge is 2.39. The predicted molar refractivity (Wildman–Crippen MR) is 89.1 cm³/mol. The number of benzene rings is 1. The van der Waals surface area contributed by atoms with Crippen molar-refractivity contribution in [3.8, 4) is 5.75 Å². The molecule has 22 heavy (non-hydrogen) atoms. The Morgan fingerprint density at radius 2 is 2.00 bits per heavy atom. The quantitative estimate of drug-likeness (QED) is 0.720. The van der Waals surface area contributed by atoms with E-state index >= 15 is 0 Å². The van der Waals surface area contributed by atoms with Crippen molar-refractivity contribution in [2.45, 2.75) is 12.8 Å². The molecule has 2 N–H and O–H groups in total. The third-order valence-corrected chi connectivity index (χ3v) is 4.46. The van der Waals surface area contributed by atoms with Crippen molar-refractivity contribution >= 4 is 21.8 Å². The first-order chi connectivity index (χ1) is 10.7. The molecule has 0 unspecified atom stereocenters. The van der Waals surface area contributed by atoms with Crippen LogP contribution in [0.15, 0.2) is 28.7 Å². The second-order valence-corrected chi connectivity index (χ2v) is 6.44. The van der Waals surface area contributed by atoms with E-state index in [0.717, 1.165) is 36.2 Å². The molecule has 1 fully saturated rings. The normalized spacial score (nSPS) is 17.0. The molecule has 0 radical (unpaired) electrons. The molecule has 0 atom stereocenters. The van der Waals surface area contributed by atoms with Crippen LogP contribution in [0.25, 0.3) is 0 Å². The van der Waals surface area contributed by atoms with E-state index in [1.54, 1.807) is 7.11 Å². The Balaban J connectivity index is 1.77. The van der Waals surface area contributed by atoms with Crippen LogP contribution >= 0.6 is 15.9 Å². The molecule has 122 valence electrons. The van der Waals surface area contributed by atoms with Gasteiger partial charge in [0.1, 0.15) is 12.4 Å². The monoisotopic (exact) mass is 370 g/mol. The number of carbonyl (C=O) groups excluding carboxylic acids is 1. The average molecular weight is 371 g/mol. The van der Waals surface area contributed by atoms with Crippen molar-refractivity contribution in [3.63, 3.8) is 0 Å². The highest BCUT2D eigenvalue weighted by molar-refractivity contribution is 9.10. The summed E-state index contributed by atoms with van der Waals surface area (Å²) in [4.78, 5) is 12.5. The summed E-state index contributed by atoms with van der Waals surface area (Å²) >= 11 is 3.38. The molecule has 5 nitrogen and oxygen atoms in total. The first-order valence-corrected chi connectivity index (χ1v) is 8.32. The maximum atomic E-state index is 12.5. The van der Waals surface area contributed by atoms with Gasteiger partial charge in [-0.2, -0.15) is 0 Å². The minimum atomic E-state index is -0.405. The van der Waals surface area contributed by atoms with Gasteiger partial charge >= 0.3 is 0 Å². The third-order valence-electron chi connectivity index (χ3n) is 3.93. The van der Waals surface area contributed by atoms with E-state index in [1.807, 2.05) is 24.3 Å². The molecular weight excluding hydrogens is 348 g/mol. The number of halogens is 1. The zero-order valence-corrected chi connectivity index (χ0v) is 14.4. The second kappa shape index (κ2) is 8.50. The summed E-state index contributed by atoms with van der Waals surface area (Å²) in [6.07, 6.45) is 1.61. The summed E-state index contributed by atoms with van der Waals surface area (Å²) in [6, 6.07) is 7.64. The molecule has 1 saturated heterocycles. The van der Waals surface area contributed by atoms with Gasteiger partial charge < -0.3 is 20.1 Å². The molecule has 0 spiro atoms. The summed E-state index contributed by atoms with van der Waals surface area (Å²) < 4.78 is 11.9. The third kappa shape index (κ3) is 4.69. The molecule has 0 aliphatic carbocycles. The SMILES string of the molecule is COCC1(C(=O)NCCOc2ccc(Br)cc2)CCNCC1. The number of ether oxygens (including phenoxy) is 2. The van der Waals surface area contributed by atoms with Crippen molar-refractivity contribution in [1.29, 1.82) is 0 Å². The summed E-state index contributed by atoms with van der Waals surface area (Å²) in [7, 11) is 1.65. The van der Waals surface area contributed by atoms with Gasteiger partial charge in [0.2, 0.25) is 5.91 Å². The molecule has 1 heterocycles. The molecule has 1 aliphatic rings. The molecule has 0 bridgehead atoms. The Kier molecular flexibility index (Phi) is 6.67. The van der Waals surface area contributed by atoms with Crippen LogP contribution < -0.4 is 15.4 Å². The summed E-state index contributed by atoms with van der Waals surface area (Å²) in [5.74, 6) is 0.862. The van der Waals surface area contributed by atoms with Gasteiger partial charge in [0.25, 0.3) is 0 Å². The van der Waals surface area contributed by atoms with Gasteiger partial charge in [0.15, 0.2) is 0 Å². The van der Waals surface area contributed by atoms with Gasteiger partial charge in [0, 0.05) is 11.6 Å². The van der Waals surface area contributed by atoms with E-state index < -0.39 is 5.41 Å². The molecule has 1 aromatic carbocycles. The van der Waals surface area contributed by atoms with Crippen LogP contribution in [0.2, 0.25) is 0 Å². The lowest BCUT2D eigenvalue weighted by atomic mass is 9.78. The topological polar surface area (TPSA) is 59.6 Å². The number of rotatable bonds is 7. The number of methoxy groups -OCH3 is 1. The van der Waals surface area contributed by atoms with Crippen LogP contribution in [0.3, 0.4) is 0 Å². The Morgan fingerprint density at radius 1 is 1.32 bits per heavy atom. The fourth-order valence-corrected chi connectivity index (χ4v) is 2.93. The number of amides is 1. The highest BCUT2D eigenvalue weighted by atomic mass is 79.9. The molecular formula is C16H23BrN2O3. The van der Waals surface area contributed by atoms with Crippen molar-refractivity contribution in [2.75, 3.05) is 40.0 Å². The van der Waals surface area contributed by atoms with Gasteiger partial charge in [-0.25, -0.2) is 0 Å². The summed E-state index contributed by atoms with van der Waals surface area (Å²) in [6.45, 7) is 3.12. The molecule has 1 aromatic rings. The lowest BCUT2D eigenvalue weighted by Crippen LogP contribution is -2.50. The number of nitrogens with one attached hydrogen (secondary N) is 2. The van der Waals surface area contributed by atoms with E-state index in [2.05, 4.69) is 26.6 Å². The maximum Gasteiger partial charge on any atom is 0.228 e. The molecule has 1 amide bonds. The van der Waals surface area contributed by atoms with Crippen LogP contribution in [-0.2, 0) is 9.53 Å². The largest absolute Gasteiger partial charge is 0.492 e. The lowest BCUT2D eigenvalue weighted by Gasteiger charge is -2.35. The van der Waals surface area contributed by atoms with Crippen LogP contribution in [0.5, 0.6) is 5.75 Å². The number of piperidine rings is 1. The fraction of sp³-hybridized carbons (Fsp3) is 0.562. The van der Waals surface area contributed by atoms with E-state index in [0.29, 0.717) is 19.8 Å². The van der Waals surface area contributed by atoms with Crippen molar-refractivity contribution in [3.05, 3.63) is 28.7 Å². The first-order valence-electron chi connectivity index (χ1n) is 7.53. The highest BCUT2D eigenvalue weighted by Crippen LogP contribution is 2.29. The van der Waals surface area contributed by atoms with E-state index in [-0.39, 0.29) is 5.91 Å². The minimum Gasteiger partial charge on any atom is -0.492 e. The first kappa shape index (κ1) is 17.2. The second-order valence-electron chi connectivity index (χ2n) is 5.52. The van der Waals surface area contributed by atoms with E-state index in [9.17, 15) is 4.79 Å². The average Bonchev–Trinajstić information content (AvgIpc) is 2.54.